The highest BCUT2D eigenvalue weighted by molar-refractivity contribution is 5.95. The lowest BCUT2D eigenvalue weighted by Crippen LogP contribution is -2.36. The summed E-state index contributed by atoms with van der Waals surface area (Å²) in [6.45, 7) is 1.01. The summed E-state index contributed by atoms with van der Waals surface area (Å²) in [7, 11) is 0. The van der Waals surface area contributed by atoms with E-state index in [2.05, 4.69) is 42.5 Å². The van der Waals surface area contributed by atoms with E-state index in [1.165, 1.54) is 6.42 Å². The quantitative estimate of drug-likeness (QED) is 0.329. The largest absolute Gasteiger partial charge is 0.466 e. The van der Waals surface area contributed by atoms with E-state index in [0.29, 0.717) is 25.1 Å². The third-order valence-electron chi connectivity index (χ3n) is 7.85. The lowest BCUT2D eigenvalue weighted by Gasteiger charge is -2.30. The van der Waals surface area contributed by atoms with Crippen molar-refractivity contribution in [2.24, 2.45) is 11.8 Å². The molecule has 0 spiro atoms. The van der Waals surface area contributed by atoms with Crippen molar-refractivity contribution in [3.63, 3.8) is 0 Å². The maximum Gasteiger partial charge on any atom is 0.306 e. The van der Waals surface area contributed by atoms with Gasteiger partial charge in [0.2, 0.25) is 5.91 Å². The first-order valence-corrected chi connectivity index (χ1v) is 13.7. The van der Waals surface area contributed by atoms with Crippen molar-refractivity contribution in [2.45, 2.75) is 57.9 Å². The first-order valence-electron chi connectivity index (χ1n) is 13.7. The molecule has 0 radical (unpaired) electrons. The molecule has 1 atom stereocenters. The maximum atomic E-state index is 13.8. The number of nitriles is 1. The van der Waals surface area contributed by atoms with Gasteiger partial charge in [0, 0.05) is 18.0 Å². The van der Waals surface area contributed by atoms with Gasteiger partial charge in [0.05, 0.1) is 24.8 Å². The van der Waals surface area contributed by atoms with Crippen molar-refractivity contribution in [3.8, 4) is 17.2 Å². The van der Waals surface area contributed by atoms with Crippen molar-refractivity contribution in [3.05, 3.63) is 89.5 Å². The second-order valence-corrected chi connectivity index (χ2v) is 10.6. The van der Waals surface area contributed by atoms with E-state index in [1.807, 2.05) is 41.3 Å². The molecule has 1 heterocycles. The van der Waals surface area contributed by atoms with Crippen molar-refractivity contribution in [2.75, 3.05) is 11.5 Å². The Morgan fingerprint density at radius 3 is 2.29 bits per heavy atom. The van der Waals surface area contributed by atoms with Crippen molar-refractivity contribution in [1.29, 1.82) is 5.26 Å². The Morgan fingerprint density at radius 1 is 0.895 bits per heavy atom. The van der Waals surface area contributed by atoms with E-state index in [-0.39, 0.29) is 23.7 Å². The molecule has 5 nitrogen and oxygen atoms in total. The van der Waals surface area contributed by atoms with E-state index < -0.39 is 0 Å². The van der Waals surface area contributed by atoms with Crippen LogP contribution in [-0.2, 0) is 27.3 Å². The molecule has 1 unspecified atom stereocenters. The Labute approximate surface area is 225 Å². The number of hydrogen-bond acceptors (Lipinski definition) is 4. The molecule has 2 aliphatic rings. The fourth-order valence-electron chi connectivity index (χ4n) is 5.68. The molecular formula is C33H34N2O3. The number of rotatable bonds is 7. The second-order valence-electron chi connectivity index (χ2n) is 10.6. The molecule has 38 heavy (non-hydrogen) atoms. The van der Waals surface area contributed by atoms with E-state index in [9.17, 15) is 9.59 Å². The Balaban J connectivity index is 1.37. The first kappa shape index (κ1) is 25.7. The number of benzene rings is 3. The second kappa shape index (κ2) is 12.1. The zero-order chi connectivity index (χ0) is 26.3. The third kappa shape index (κ3) is 6.31. The molecular weight excluding hydrogens is 472 g/mol. The Hall–Kier alpha value is -3.91. The van der Waals surface area contributed by atoms with Gasteiger partial charge in [-0.25, -0.2) is 0 Å². The van der Waals surface area contributed by atoms with Gasteiger partial charge in [0.15, 0.2) is 0 Å². The fraction of sp³-hybridized carbons (Fsp3) is 0.364. The number of carbonyl (C=O) groups excluding carboxylic acids is 2. The molecule has 0 N–H and O–H groups in total. The zero-order valence-corrected chi connectivity index (χ0v) is 21.8. The normalized spacial score (nSPS) is 17.9. The minimum Gasteiger partial charge on any atom is -0.466 e. The number of anilines is 1. The number of esters is 1. The molecule has 194 valence electrons. The van der Waals surface area contributed by atoms with Crippen LogP contribution in [0.4, 0.5) is 5.69 Å². The van der Waals surface area contributed by atoms with Gasteiger partial charge in [-0.15, -0.1) is 0 Å². The maximum absolute atomic E-state index is 13.8. The van der Waals surface area contributed by atoms with Crippen LogP contribution in [-0.4, -0.2) is 18.5 Å². The average molecular weight is 507 g/mol. The van der Waals surface area contributed by atoms with Crippen LogP contribution in [0.5, 0.6) is 0 Å². The van der Waals surface area contributed by atoms with Gasteiger partial charge < -0.3 is 9.64 Å². The number of cyclic esters (lactones) is 1. The van der Waals surface area contributed by atoms with Crippen LogP contribution in [0.2, 0.25) is 0 Å². The summed E-state index contributed by atoms with van der Waals surface area (Å²) in [5, 5.41) is 9.06. The van der Waals surface area contributed by atoms with Crippen LogP contribution in [0.1, 0.15) is 61.6 Å². The van der Waals surface area contributed by atoms with Gasteiger partial charge in [0.1, 0.15) is 0 Å². The smallest absolute Gasteiger partial charge is 0.306 e. The van der Waals surface area contributed by atoms with Gasteiger partial charge in [-0.3, -0.25) is 9.59 Å². The predicted octanol–water partition coefficient (Wildman–Crippen LogP) is 6.83. The van der Waals surface area contributed by atoms with E-state index in [4.69, 9.17) is 10.00 Å². The molecule has 5 rings (SSSR count). The third-order valence-corrected chi connectivity index (χ3v) is 7.85. The summed E-state index contributed by atoms with van der Waals surface area (Å²) in [6.07, 6.45) is 7.50. The molecule has 5 heteroatoms. The molecule has 0 bridgehead atoms. The Bertz CT molecular complexity index is 1300. The lowest BCUT2D eigenvalue weighted by molar-refractivity contribution is -0.149. The average Bonchev–Trinajstić information content (AvgIpc) is 2.96. The SMILES string of the molecule is N#Cc1ccc(-c2ccc(CN(C(=O)C3CCCCC3)c3cccc(CC4CCOC(=O)C4)c3)cc2)cc1. The molecule has 2 fully saturated rings. The van der Waals surface area contributed by atoms with Gasteiger partial charge in [-0.1, -0.05) is 67.8 Å². The summed E-state index contributed by atoms with van der Waals surface area (Å²) in [4.78, 5) is 27.6. The highest BCUT2D eigenvalue weighted by atomic mass is 16.5. The Kier molecular flexibility index (Phi) is 8.19. The van der Waals surface area contributed by atoms with E-state index in [0.717, 1.165) is 66.5 Å². The van der Waals surface area contributed by atoms with Crippen molar-refractivity contribution in [1.82, 2.24) is 0 Å². The topological polar surface area (TPSA) is 70.4 Å². The van der Waals surface area contributed by atoms with Gasteiger partial charge >= 0.3 is 5.97 Å². The summed E-state index contributed by atoms with van der Waals surface area (Å²) < 4.78 is 5.12. The first-order chi connectivity index (χ1) is 18.6. The van der Waals surface area contributed by atoms with E-state index >= 15 is 0 Å². The highest BCUT2D eigenvalue weighted by Gasteiger charge is 2.28. The minimum atomic E-state index is -0.115. The summed E-state index contributed by atoms with van der Waals surface area (Å²) in [5.41, 5.74) is 5.94. The zero-order valence-electron chi connectivity index (χ0n) is 21.8. The molecule has 1 saturated carbocycles. The van der Waals surface area contributed by atoms with Crippen LogP contribution in [0.3, 0.4) is 0 Å². The monoisotopic (exact) mass is 506 g/mol. The molecule has 1 aliphatic heterocycles. The van der Waals surface area contributed by atoms with Gasteiger partial charge in [-0.2, -0.15) is 5.26 Å². The summed E-state index contributed by atoms with van der Waals surface area (Å²) >= 11 is 0. The van der Waals surface area contributed by atoms with Crippen LogP contribution < -0.4 is 4.90 Å². The number of ether oxygens (including phenoxy) is 1. The fourth-order valence-corrected chi connectivity index (χ4v) is 5.68. The van der Waals surface area contributed by atoms with Crippen LogP contribution in [0.15, 0.2) is 72.8 Å². The van der Waals surface area contributed by atoms with Crippen LogP contribution >= 0.6 is 0 Å². The molecule has 1 saturated heterocycles. The van der Waals surface area contributed by atoms with Crippen molar-refractivity contribution >= 4 is 17.6 Å². The number of carbonyl (C=O) groups is 2. The van der Waals surface area contributed by atoms with E-state index in [1.54, 1.807) is 0 Å². The lowest BCUT2D eigenvalue weighted by atomic mass is 9.88. The van der Waals surface area contributed by atoms with Crippen LogP contribution in [0.25, 0.3) is 11.1 Å². The molecule has 1 amide bonds. The molecule has 3 aromatic carbocycles. The standard InChI is InChI=1S/C33H34N2O3/c34-22-24-9-13-28(14-10-24)29-15-11-25(12-16-29)23-35(33(37)30-6-2-1-3-7-30)31-8-4-5-26(20-31)19-27-17-18-38-32(36)21-27/h4-5,8-16,20,27,30H,1-3,6-7,17-19,21,23H2. The molecule has 3 aromatic rings. The predicted molar refractivity (Wildman–Crippen MR) is 148 cm³/mol. The summed E-state index contributed by atoms with van der Waals surface area (Å²) in [5.74, 6) is 0.442. The molecule has 1 aliphatic carbocycles. The van der Waals surface area contributed by atoms with Gasteiger partial charge in [0.25, 0.3) is 0 Å². The highest BCUT2D eigenvalue weighted by Crippen LogP contribution is 2.31. The van der Waals surface area contributed by atoms with Crippen molar-refractivity contribution < 1.29 is 14.3 Å². The molecule has 0 aromatic heterocycles. The Morgan fingerprint density at radius 2 is 1.61 bits per heavy atom. The number of hydrogen-bond donors (Lipinski definition) is 0. The number of nitrogens with zero attached hydrogens (tertiary/aromatic N) is 2. The summed E-state index contributed by atoms with van der Waals surface area (Å²) in [6, 6.07) is 26.4. The van der Waals surface area contributed by atoms with Crippen LogP contribution in [0, 0.1) is 23.2 Å². The van der Waals surface area contributed by atoms with Gasteiger partial charge in [-0.05, 0) is 78.1 Å². The minimum absolute atomic E-state index is 0.0680. The number of amides is 1.